The summed E-state index contributed by atoms with van der Waals surface area (Å²) in [5.74, 6) is 0.758. The van der Waals surface area contributed by atoms with E-state index in [0.29, 0.717) is 5.15 Å². The maximum absolute atomic E-state index is 5.71. The molecule has 0 amide bonds. The fraction of sp³-hybridized carbons (Fsp3) is 0.667. The lowest BCUT2D eigenvalue weighted by Crippen LogP contribution is -2.36. The molecule has 0 bridgehead atoms. The number of aromatic nitrogens is 2. The van der Waals surface area contributed by atoms with Gasteiger partial charge in [0.25, 0.3) is 0 Å². The van der Waals surface area contributed by atoms with E-state index in [2.05, 4.69) is 27.5 Å². The predicted octanol–water partition coefficient (Wildman–Crippen LogP) is 1.98. The molecule has 1 aromatic rings. The molecule has 0 saturated carbocycles. The zero-order valence-corrected chi connectivity index (χ0v) is 12.2. The molecular formula is C12H20Cl2N4. The van der Waals surface area contributed by atoms with Gasteiger partial charge in [-0.25, -0.2) is 0 Å². The van der Waals surface area contributed by atoms with Crippen molar-refractivity contribution in [2.24, 2.45) is 5.92 Å². The van der Waals surface area contributed by atoms with Crippen LogP contribution < -0.4 is 5.32 Å². The Balaban J connectivity index is 0.00000162. The molecule has 102 valence electrons. The van der Waals surface area contributed by atoms with Crippen LogP contribution in [0.5, 0.6) is 0 Å². The van der Waals surface area contributed by atoms with E-state index in [-0.39, 0.29) is 12.4 Å². The minimum Gasteiger partial charge on any atom is -0.316 e. The van der Waals surface area contributed by atoms with Gasteiger partial charge in [0.15, 0.2) is 5.15 Å². The van der Waals surface area contributed by atoms with Crippen LogP contribution in [-0.2, 0) is 6.54 Å². The van der Waals surface area contributed by atoms with Gasteiger partial charge in [-0.1, -0.05) is 11.6 Å². The first-order valence-electron chi connectivity index (χ1n) is 6.11. The molecule has 1 aliphatic heterocycles. The number of piperidine rings is 1. The normalized spacial score (nSPS) is 19.6. The number of nitrogens with zero attached hydrogens (tertiary/aromatic N) is 3. The highest BCUT2D eigenvalue weighted by Gasteiger charge is 2.15. The molecule has 1 unspecified atom stereocenters. The maximum Gasteiger partial charge on any atom is 0.151 e. The van der Waals surface area contributed by atoms with Crippen LogP contribution >= 0.6 is 24.0 Å². The molecule has 1 saturated heterocycles. The second kappa shape index (κ2) is 7.89. The Morgan fingerprint density at radius 3 is 2.89 bits per heavy atom. The van der Waals surface area contributed by atoms with Crippen molar-refractivity contribution in [3.63, 3.8) is 0 Å². The third kappa shape index (κ3) is 5.06. The molecule has 0 spiro atoms. The zero-order valence-electron chi connectivity index (χ0n) is 10.6. The van der Waals surface area contributed by atoms with Gasteiger partial charge in [0.05, 0.1) is 5.69 Å². The molecule has 2 heterocycles. The third-order valence-electron chi connectivity index (χ3n) is 3.09. The fourth-order valence-corrected chi connectivity index (χ4v) is 2.39. The monoisotopic (exact) mass is 290 g/mol. The molecule has 0 radical (unpaired) electrons. The summed E-state index contributed by atoms with van der Waals surface area (Å²) in [7, 11) is 2.13. The summed E-state index contributed by atoms with van der Waals surface area (Å²) in [6, 6.07) is 3.73. The van der Waals surface area contributed by atoms with Crippen LogP contribution in [0.25, 0.3) is 0 Å². The number of halogens is 2. The van der Waals surface area contributed by atoms with E-state index in [9.17, 15) is 0 Å². The van der Waals surface area contributed by atoms with E-state index in [4.69, 9.17) is 11.6 Å². The van der Waals surface area contributed by atoms with Crippen LogP contribution in [0.2, 0.25) is 5.15 Å². The lowest BCUT2D eigenvalue weighted by atomic mass is 9.99. The molecule has 1 aliphatic rings. The van der Waals surface area contributed by atoms with E-state index in [0.717, 1.165) is 31.2 Å². The summed E-state index contributed by atoms with van der Waals surface area (Å²) in [6.07, 6.45) is 2.61. The van der Waals surface area contributed by atoms with E-state index in [1.54, 1.807) is 6.07 Å². The summed E-state index contributed by atoms with van der Waals surface area (Å²) in [5, 5.41) is 11.8. The van der Waals surface area contributed by atoms with Gasteiger partial charge in [0.2, 0.25) is 0 Å². The van der Waals surface area contributed by atoms with E-state index >= 15 is 0 Å². The van der Waals surface area contributed by atoms with E-state index < -0.39 is 0 Å². The third-order valence-corrected chi connectivity index (χ3v) is 3.29. The van der Waals surface area contributed by atoms with Crippen molar-refractivity contribution in [3.05, 3.63) is 23.0 Å². The van der Waals surface area contributed by atoms with Gasteiger partial charge in [0.1, 0.15) is 0 Å². The molecule has 1 atom stereocenters. The number of hydrogen-bond donors (Lipinski definition) is 1. The van der Waals surface area contributed by atoms with Crippen molar-refractivity contribution >= 4 is 24.0 Å². The molecular weight excluding hydrogens is 271 g/mol. The van der Waals surface area contributed by atoms with Crippen LogP contribution in [-0.4, -0.2) is 41.8 Å². The van der Waals surface area contributed by atoms with E-state index in [1.165, 1.54) is 19.4 Å². The lowest BCUT2D eigenvalue weighted by Gasteiger charge is -2.27. The van der Waals surface area contributed by atoms with Crippen LogP contribution in [0.4, 0.5) is 0 Å². The summed E-state index contributed by atoms with van der Waals surface area (Å²) in [6.45, 7) is 4.25. The molecule has 18 heavy (non-hydrogen) atoms. The SMILES string of the molecule is CN(Cc1ccc(Cl)nn1)CC1CCCNC1.Cl. The minimum absolute atomic E-state index is 0. The Hall–Kier alpha value is -0.420. The topological polar surface area (TPSA) is 41.1 Å². The Bertz CT molecular complexity index is 338. The van der Waals surface area contributed by atoms with Gasteiger partial charge in [-0.2, -0.15) is 5.10 Å². The average molecular weight is 291 g/mol. The molecule has 6 heteroatoms. The summed E-state index contributed by atoms with van der Waals surface area (Å²) >= 11 is 5.71. The first-order valence-corrected chi connectivity index (χ1v) is 6.49. The first kappa shape index (κ1) is 15.6. The summed E-state index contributed by atoms with van der Waals surface area (Å²) in [4.78, 5) is 2.30. The zero-order chi connectivity index (χ0) is 12.1. The minimum atomic E-state index is 0. The number of hydrogen-bond acceptors (Lipinski definition) is 4. The summed E-state index contributed by atoms with van der Waals surface area (Å²) in [5.41, 5.74) is 0.973. The first-order chi connectivity index (χ1) is 8.24. The van der Waals surface area contributed by atoms with Gasteiger partial charge < -0.3 is 10.2 Å². The maximum atomic E-state index is 5.71. The highest BCUT2D eigenvalue weighted by molar-refractivity contribution is 6.29. The Kier molecular flexibility index (Phi) is 6.86. The molecule has 4 nitrogen and oxygen atoms in total. The van der Waals surface area contributed by atoms with Crippen LogP contribution in [0.3, 0.4) is 0 Å². The Morgan fingerprint density at radius 1 is 1.44 bits per heavy atom. The number of rotatable bonds is 4. The lowest BCUT2D eigenvalue weighted by molar-refractivity contribution is 0.235. The molecule has 0 aromatic carbocycles. The average Bonchev–Trinajstić information content (AvgIpc) is 2.33. The Labute approximate surface area is 120 Å². The predicted molar refractivity (Wildman–Crippen MR) is 76.2 cm³/mol. The van der Waals surface area contributed by atoms with Gasteiger partial charge in [0, 0.05) is 13.1 Å². The summed E-state index contributed by atoms with van der Waals surface area (Å²) < 4.78 is 0. The fourth-order valence-electron chi connectivity index (χ4n) is 2.29. The van der Waals surface area contributed by atoms with Crippen molar-refractivity contribution in [3.8, 4) is 0 Å². The van der Waals surface area contributed by atoms with Gasteiger partial charge in [-0.3, -0.25) is 0 Å². The van der Waals surface area contributed by atoms with Crippen LogP contribution in [0, 0.1) is 5.92 Å². The van der Waals surface area contributed by atoms with E-state index in [1.807, 2.05) is 6.07 Å². The standard InChI is InChI=1S/C12H19ClN4.ClH/c1-17(8-10-3-2-6-14-7-10)9-11-4-5-12(13)16-15-11;/h4-5,10,14H,2-3,6-9H2,1H3;1H. The van der Waals surface area contributed by atoms with Crippen LogP contribution in [0.1, 0.15) is 18.5 Å². The second-order valence-electron chi connectivity index (χ2n) is 4.76. The molecule has 0 aliphatic carbocycles. The van der Waals surface area contributed by atoms with Crippen molar-refractivity contribution < 1.29 is 0 Å². The molecule has 2 rings (SSSR count). The largest absolute Gasteiger partial charge is 0.316 e. The quantitative estimate of drug-likeness (QED) is 0.921. The highest BCUT2D eigenvalue weighted by atomic mass is 35.5. The van der Waals surface area contributed by atoms with Gasteiger partial charge in [-0.15, -0.1) is 17.5 Å². The Morgan fingerprint density at radius 2 is 2.28 bits per heavy atom. The molecule has 1 aromatic heterocycles. The smallest absolute Gasteiger partial charge is 0.151 e. The molecule has 1 N–H and O–H groups in total. The molecule has 1 fully saturated rings. The second-order valence-corrected chi connectivity index (χ2v) is 5.14. The van der Waals surface area contributed by atoms with Gasteiger partial charge in [-0.05, 0) is 51.0 Å². The van der Waals surface area contributed by atoms with Gasteiger partial charge >= 0.3 is 0 Å². The van der Waals surface area contributed by atoms with Crippen LogP contribution in [0.15, 0.2) is 12.1 Å². The highest BCUT2D eigenvalue weighted by Crippen LogP contribution is 2.12. The number of nitrogens with one attached hydrogen (secondary N) is 1. The van der Waals surface area contributed by atoms with Crippen molar-refractivity contribution in [2.75, 3.05) is 26.7 Å². The van der Waals surface area contributed by atoms with Crippen molar-refractivity contribution in [1.29, 1.82) is 0 Å². The van der Waals surface area contributed by atoms with Crippen molar-refractivity contribution in [2.45, 2.75) is 19.4 Å². The van der Waals surface area contributed by atoms with Crippen molar-refractivity contribution in [1.82, 2.24) is 20.4 Å².